The van der Waals surface area contributed by atoms with Gasteiger partial charge in [0.05, 0.1) is 27.1 Å². The van der Waals surface area contributed by atoms with Crippen molar-refractivity contribution in [2.75, 3.05) is 37.8 Å². The van der Waals surface area contributed by atoms with E-state index in [9.17, 15) is 4.79 Å². The molecule has 1 aromatic carbocycles. The van der Waals surface area contributed by atoms with Crippen molar-refractivity contribution in [1.29, 1.82) is 0 Å². The smallest absolute Gasteiger partial charge is 0.240 e. The van der Waals surface area contributed by atoms with Crippen LogP contribution in [0.25, 0.3) is 10.2 Å². The normalized spacial score (nSPS) is 20.1. The Morgan fingerprint density at radius 3 is 2.79 bits per heavy atom. The van der Waals surface area contributed by atoms with Crippen LogP contribution in [0, 0.1) is 0 Å². The molecule has 0 unspecified atom stereocenters. The standard InChI is InChI=1S/C21H30N4OS2/c22-17(21(26)25-13-14-27-15-25)5-3-4-10-24-11-8-16(9-12-24)20-23-18-6-1-2-7-19(18)28-20/h1-2,6-7,16-17H,3-5,8-15,22H2/t17-/m0/s1. The van der Waals surface area contributed by atoms with Crippen LogP contribution in [0.1, 0.15) is 43.0 Å². The predicted octanol–water partition coefficient (Wildman–Crippen LogP) is 3.51. The van der Waals surface area contributed by atoms with Crippen LogP contribution >= 0.6 is 23.1 Å². The lowest BCUT2D eigenvalue weighted by Crippen LogP contribution is -2.42. The number of nitrogens with zero attached hydrogens (tertiary/aromatic N) is 3. The zero-order chi connectivity index (χ0) is 19.3. The summed E-state index contributed by atoms with van der Waals surface area (Å²) in [5.74, 6) is 2.61. The van der Waals surface area contributed by atoms with Crippen molar-refractivity contribution in [3.05, 3.63) is 29.3 Å². The lowest BCUT2D eigenvalue weighted by atomic mass is 9.97. The first-order valence-corrected chi connectivity index (χ1v) is 12.4. The molecule has 3 heterocycles. The van der Waals surface area contributed by atoms with Gasteiger partial charge in [0.1, 0.15) is 0 Å². The van der Waals surface area contributed by atoms with Crippen molar-refractivity contribution in [3.63, 3.8) is 0 Å². The Kier molecular flexibility index (Phi) is 6.88. The van der Waals surface area contributed by atoms with E-state index in [-0.39, 0.29) is 11.9 Å². The third-order valence-electron chi connectivity index (χ3n) is 5.87. The maximum Gasteiger partial charge on any atom is 0.240 e. The van der Waals surface area contributed by atoms with Crippen LogP contribution in [-0.4, -0.2) is 64.5 Å². The van der Waals surface area contributed by atoms with Crippen LogP contribution in [0.15, 0.2) is 24.3 Å². The lowest BCUT2D eigenvalue weighted by molar-refractivity contribution is -0.131. The first-order valence-electron chi connectivity index (χ1n) is 10.4. The second-order valence-electron chi connectivity index (χ2n) is 7.88. The van der Waals surface area contributed by atoms with Crippen molar-refractivity contribution in [2.45, 2.75) is 44.1 Å². The molecule has 4 rings (SSSR count). The summed E-state index contributed by atoms with van der Waals surface area (Å²) in [6.07, 6.45) is 5.37. The number of amides is 1. The lowest BCUT2D eigenvalue weighted by Gasteiger charge is -2.31. The van der Waals surface area contributed by atoms with Gasteiger partial charge in [0, 0.05) is 18.2 Å². The number of unbranched alkanes of at least 4 members (excludes halogenated alkanes) is 1. The summed E-state index contributed by atoms with van der Waals surface area (Å²) in [5.41, 5.74) is 7.25. The van der Waals surface area contributed by atoms with Gasteiger partial charge in [0.25, 0.3) is 0 Å². The van der Waals surface area contributed by atoms with Crippen LogP contribution in [-0.2, 0) is 4.79 Å². The Morgan fingerprint density at radius 1 is 1.21 bits per heavy atom. The summed E-state index contributed by atoms with van der Waals surface area (Å²) in [6.45, 7) is 4.28. The third kappa shape index (κ3) is 4.87. The molecule has 0 saturated carbocycles. The van der Waals surface area contributed by atoms with Crippen molar-refractivity contribution in [3.8, 4) is 0 Å². The van der Waals surface area contributed by atoms with E-state index < -0.39 is 0 Å². The minimum absolute atomic E-state index is 0.140. The number of hydrogen-bond acceptors (Lipinski definition) is 6. The van der Waals surface area contributed by atoms with Crippen molar-refractivity contribution < 1.29 is 4.79 Å². The monoisotopic (exact) mass is 418 g/mol. The average Bonchev–Trinajstić information content (AvgIpc) is 3.40. The van der Waals surface area contributed by atoms with Gasteiger partial charge in [-0.25, -0.2) is 4.98 Å². The van der Waals surface area contributed by atoms with E-state index in [0.29, 0.717) is 5.92 Å². The molecule has 1 amide bonds. The van der Waals surface area contributed by atoms with E-state index in [1.54, 1.807) is 0 Å². The van der Waals surface area contributed by atoms with Crippen LogP contribution in [0.4, 0.5) is 0 Å². The Balaban J connectivity index is 1.15. The molecule has 2 aliphatic rings. The van der Waals surface area contributed by atoms with Gasteiger partial charge in [-0.3, -0.25) is 4.79 Å². The van der Waals surface area contributed by atoms with E-state index in [1.165, 1.54) is 22.5 Å². The molecule has 0 spiro atoms. The zero-order valence-corrected chi connectivity index (χ0v) is 18.0. The highest BCUT2D eigenvalue weighted by molar-refractivity contribution is 7.99. The zero-order valence-electron chi connectivity index (χ0n) is 16.4. The molecule has 5 nitrogen and oxygen atoms in total. The van der Waals surface area contributed by atoms with Gasteiger partial charge in [-0.1, -0.05) is 18.6 Å². The summed E-state index contributed by atoms with van der Waals surface area (Å²) in [7, 11) is 0. The number of thiazole rings is 1. The topological polar surface area (TPSA) is 62.5 Å². The number of fused-ring (bicyclic) bond motifs is 1. The van der Waals surface area contributed by atoms with Crippen LogP contribution in [0.3, 0.4) is 0 Å². The highest BCUT2D eigenvalue weighted by Gasteiger charge is 2.25. The number of hydrogen-bond donors (Lipinski definition) is 1. The quantitative estimate of drug-likeness (QED) is 0.697. The van der Waals surface area contributed by atoms with Gasteiger partial charge in [-0.2, -0.15) is 0 Å². The number of benzene rings is 1. The summed E-state index contributed by atoms with van der Waals surface area (Å²) in [6, 6.07) is 8.13. The molecule has 0 aliphatic carbocycles. The Morgan fingerprint density at radius 2 is 2.04 bits per heavy atom. The molecule has 2 aliphatic heterocycles. The molecule has 1 aromatic heterocycles. The van der Waals surface area contributed by atoms with E-state index >= 15 is 0 Å². The number of aromatic nitrogens is 1. The van der Waals surface area contributed by atoms with E-state index in [0.717, 1.165) is 62.6 Å². The Hall–Kier alpha value is -1.15. The number of para-hydroxylation sites is 1. The first kappa shape index (κ1) is 20.1. The first-order chi connectivity index (χ1) is 13.7. The maximum absolute atomic E-state index is 12.2. The molecule has 2 fully saturated rings. The second kappa shape index (κ2) is 9.57. The van der Waals surface area contributed by atoms with E-state index in [1.807, 2.05) is 28.0 Å². The molecular formula is C21H30N4OS2. The van der Waals surface area contributed by atoms with Gasteiger partial charge in [0.2, 0.25) is 5.91 Å². The fraction of sp³-hybridized carbons (Fsp3) is 0.619. The number of rotatable bonds is 7. The largest absolute Gasteiger partial charge is 0.331 e. The Bertz CT molecular complexity index is 749. The number of carbonyl (C=O) groups excluding carboxylic acids is 1. The summed E-state index contributed by atoms with van der Waals surface area (Å²) in [5, 5.41) is 1.31. The molecule has 0 radical (unpaired) electrons. The SMILES string of the molecule is N[C@@H](CCCCN1CCC(c2nc3ccccc3s2)CC1)C(=O)N1CCSC1. The van der Waals surface area contributed by atoms with Gasteiger partial charge in [-0.05, 0) is 57.5 Å². The fourth-order valence-electron chi connectivity index (χ4n) is 4.11. The Labute approximate surface area is 175 Å². The van der Waals surface area contributed by atoms with Crippen LogP contribution < -0.4 is 5.73 Å². The van der Waals surface area contributed by atoms with Crippen molar-refractivity contribution in [1.82, 2.24) is 14.8 Å². The molecular weight excluding hydrogens is 388 g/mol. The number of likely N-dealkylation sites (tertiary alicyclic amines) is 1. The predicted molar refractivity (Wildman–Crippen MR) is 119 cm³/mol. The van der Waals surface area contributed by atoms with E-state index in [4.69, 9.17) is 10.7 Å². The number of thioether (sulfide) groups is 1. The maximum atomic E-state index is 12.2. The molecule has 1 atom stereocenters. The van der Waals surface area contributed by atoms with Gasteiger partial charge in [0.15, 0.2) is 0 Å². The summed E-state index contributed by atoms with van der Waals surface area (Å²) < 4.78 is 1.30. The van der Waals surface area contributed by atoms with Crippen LogP contribution in [0.5, 0.6) is 0 Å². The number of nitrogens with two attached hydrogens (primary N) is 1. The number of piperidine rings is 1. The van der Waals surface area contributed by atoms with Gasteiger partial charge < -0.3 is 15.5 Å². The highest BCUT2D eigenvalue weighted by Crippen LogP contribution is 2.33. The number of carbonyl (C=O) groups is 1. The molecule has 2 saturated heterocycles. The molecule has 28 heavy (non-hydrogen) atoms. The summed E-state index contributed by atoms with van der Waals surface area (Å²) in [4.78, 5) is 21.6. The van der Waals surface area contributed by atoms with Crippen molar-refractivity contribution in [2.24, 2.45) is 5.73 Å². The highest BCUT2D eigenvalue weighted by atomic mass is 32.2. The average molecular weight is 419 g/mol. The van der Waals surface area contributed by atoms with Crippen molar-refractivity contribution >= 4 is 39.2 Å². The summed E-state index contributed by atoms with van der Waals surface area (Å²) >= 11 is 3.68. The third-order valence-corrected chi connectivity index (χ3v) is 8.03. The minimum atomic E-state index is -0.316. The molecule has 7 heteroatoms. The van der Waals surface area contributed by atoms with Gasteiger partial charge in [-0.15, -0.1) is 23.1 Å². The molecule has 0 bridgehead atoms. The minimum Gasteiger partial charge on any atom is -0.331 e. The van der Waals surface area contributed by atoms with Crippen LogP contribution in [0.2, 0.25) is 0 Å². The van der Waals surface area contributed by atoms with Gasteiger partial charge >= 0.3 is 0 Å². The van der Waals surface area contributed by atoms with E-state index in [2.05, 4.69) is 29.2 Å². The fourth-order valence-corrected chi connectivity index (χ4v) is 6.21. The second-order valence-corrected chi connectivity index (χ2v) is 10.0. The molecule has 2 N–H and O–H groups in total. The molecule has 152 valence electrons. The molecule has 2 aromatic rings.